The molecule has 2 N–H and O–H groups in total. The Hall–Kier alpha value is -2.08. The summed E-state index contributed by atoms with van der Waals surface area (Å²) < 4.78 is 5.18. The van der Waals surface area contributed by atoms with Crippen molar-refractivity contribution in [2.24, 2.45) is 0 Å². The minimum Gasteiger partial charge on any atom is -0.497 e. The highest BCUT2D eigenvalue weighted by Crippen LogP contribution is 2.37. The summed E-state index contributed by atoms with van der Waals surface area (Å²) in [6, 6.07) is 5.49. The van der Waals surface area contributed by atoms with Gasteiger partial charge in [0.1, 0.15) is 5.75 Å². The van der Waals surface area contributed by atoms with E-state index in [-0.39, 0.29) is 19.1 Å². The summed E-state index contributed by atoms with van der Waals surface area (Å²) in [5, 5.41) is 17.9. The average Bonchev–Trinajstić information content (AvgIpc) is 2.79. The monoisotopic (exact) mass is 279 g/mol. The van der Waals surface area contributed by atoms with Crippen LogP contribution in [0.5, 0.6) is 5.75 Å². The third-order valence-electron chi connectivity index (χ3n) is 3.52. The number of fused-ring (bicyclic) bond motifs is 1. The van der Waals surface area contributed by atoms with E-state index in [4.69, 9.17) is 14.9 Å². The first-order chi connectivity index (χ1) is 9.51. The Kier molecular flexibility index (Phi) is 4.24. The highest BCUT2D eigenvalue weighted by atomic mass is 16.5. The molecule has 1 atom stereocenters. The zero-order chi connectivity index (χ0) is 14.7. The van der Waals surface area contributed by atoms with E-state index in [0.717, 1.165) is 24.0 Å². The van der Waals surface area contributed by atoms with E-state index in [1.165, 1.54) is 4.90 Å². The van der Waals surface area contributed by atoms with Crippen LogP contribution < -0.4 is 4.74 Å². The molecule has 1 aromatic rings. The first-order valence-corrected chi connectivity index (χ1v) is 6.35. The summed E-state index contributed by atoms with van der Waals surface area (Å²) in [6.07, 6.45) is 1.54. The van der Waals surface area contributed by atoms with Gasteiger partial charge in [0.2, 0.25) is 0 Å². The second kappa shape index (κ2) is 5.92. The average molecular weight is 279 g/mol. The number of aryl methyl sites for hydroxylation is 1. The van der Waals surface area contributed by atoms with Crippen LogP contribution in [-0.4, -0.2) is 47.3 Å². The maximum atomic E-state index is 10.9. The Labute approximate surface area is 116 Å². The highest BCUT2D eigenvalue weighted by Gasteiger charge is 2.30. The maximum Gasteiger partial charge on any atom is 0.317 e. The number of ether oxygens (including phenoxy) is 1. The Morgan fingerprint density at radius 2 is 1.95 bits per heavy atom. The smallest absolute Gasteiger partial charge is 0.317 e. The molecule has 0 spiro atoms. The zero-order valence-corrected chi connectivity index (χ0v) is 11.2. The molecule has 0 aromatic heterocycles. The van der Waals surface area contributed by atoms with Crippen LogP contribution >= 0.6 is 0 Å². The third-order valence-corrected chi connectivity index (χ3v) is 3.52. The fraction of sp³-hybridized carbons (Fsp3) is 0.429. The number of hydrogen-bond acceptors (Lipinski definition) is 4. The Balaban J connectivity index is 2.28. The van der Waals surface area contributed by atoms with Gasteiger partial charge < -0.3 is 14.9 Å². The van der Waals surface area contributed by atoms with Crippen LogP contribution in [0.15, 0.2) is 18.2 Å². The van der Waals surface area contributed by atoms with Gasteiger partial charge in [-0.3, -0.25) is 14.5 Å². The van der Waals surface area contributed by atoms with E-state index in [1.807, 2.05) is 18.2 Å². The van der Waals surface area contributed by atoms with Crippen molar-refractivity contribution in [2.45, 2.75) is 18.9 Å². The molecule has 0 amide bonds. The summed E-state index contributed by atoms with van der Waals surface area (Å²) in [6.45, 7) is -0.568. The van der Waals surface area contributed by atoms with Crippen LogP contribution in [0.4, 0.5) is 0 Å². The van der Waals surface area contributed by atoms with Gasteiger partial charge in [-0.05, 0) is 36.1 Å². The molecule has 1 unspecified atom stereocenters. The van der Waals surface area contributed by atoms with Crippen LogP contribution in [0, 0.1) is 0 Å². The minimum atomic E-state index is -1.03. The highest BCUT2D eigenvalue weighted by molar-refractivity contribution is 5.72. The second-order valence-electron chi connectivity index (χ2n) is 4.81. The van der Waals surface area contributed by atoms with Crippen LogP contribution in [0.2, 0.25) is 0 Å². The molecule has 1 aliphatic carbocycles. The van der Waals surface area contributed by atoms with E-state index in [0.29, 0.717) is 5.75 Å². The predicted molar refractivity (Wildman–Crippen MR) is 70.9 cm³/mol. The topological polar surface area (TPSA) is 87.1 Å². The van der Waals surface area contributed by atoms with Gasteiger partial charge in [-0.2, -0.15) is 0 Å². The molecule has 1 aromatic carbocycles. The number of methoxy groups -OCH3 is 1. The van der Waals surface area contributed by atoms with Gasteiger partial charge in [-0.1, -0.05) is 6.07 Å². The van der Waals surface area contributed by atoms with Gasteiger partial charge in [0.15, 0.2) is 0 Å². The van der Waals surface area contributed by atoms with E-state index in [9.17, 15) is 9.59 Å². The number of aliphatic carboxylic acids is 2. The molecule has 1 aliphatic rings. The second-order valence-corrected chi connectivity index (χ2v) is 4.81. The molecular formula is C14H17NO5. The Morgan fingerprint density at radius 3 is 2.50 bits per heavy atom. The Bertz CT molecular complexity index is 512. The first kappa shape index (κ1) is 14.3. The van der Waals surface area contributed by atoms with Crippen molar-refractivity contribution >= 4 is 11.9 Å². The lowest BCUT2D eigenvalue weighted by atomic mass is 10.1. The lowest BCUT2D eigenvalue weighted by molar-refractivity contribution is -0.142. The predicted octanol–water partition coefficient (Wildman–Crippen LogP) is 1.15. The number of rotatable bonds is 6. The number of carboxylic acid groups (broad SMARTS) is 2. The number of carboxylic acids is 2. The van der Waals surface area contributed by atoms with Gasteiger partial charge in [-0.25, -0.2) is 0 Å². The van der Waals surface area contributed by atoms with Gasteiger partial charge in [0.05, 0.1) is 20.2 Å². The molecule has 108 valence electrons. The van der Waals surface area contributed by atoms with Gasteiger partial charge in [0, 0.05) is 6.04 Å². The molecule has 2 rings (SSSR count). The van der Waals surface area contributed by atoms with Crippen molar-refractivity contribution in [2.75, 3.05) is 20.2 Å². The fourth-order valence-corrected chi connectivity index (χ4v) is 2.69. The van der Waals surface area contributed by atoms with Crippen molar-refractivity contribution in [3.8, 4) is 5.75 Å². The molecule has 6 heteroatoms. The van der Waals surface area contributed by atoms with E-state index in [1.54, 1.807) is 7.11 Å². The quantitative estimate of drug-likeness (QED) is 0.812. The van der Waals surface area contributed by atoms with Crippen molar-refractivity contribution in [3.63, 3.8) is 0 Å². The molecule has 0 fully saturated rings. The summed E-state index contributed by atoms with van der Waals surface area (Å²) in [5.74, 6) is -1.36. The summed E-state index contributed by atoms with van der Waals surface area (Å²) in [7, 11) is 1.57. The normalized spacial score (nSPS) is 17.0. The van der Waals surface area contributed by atoms with Crippen molar-refractivity contribution in [3.05, 3.63) is 29.3 Å². The van der Waals surface area contributed by atoms with Gasteiger partial charge >= 0.3 is 11.9 Å². The molecule has 0 saturated heterocycles. The largest absolute Gasteiger partial charge is 0.497 e. The molecule has 6 nitrogen and oxygen atoms in total. The maximum absolute atomic E-state index is 10.9. The molecule has 0 aliphatic heterocycles. The SMILES string of the molecule is COc1ccc2c(c1)C(N(CC(=O)O)CC(=O)O)CC2. The molecule has 0 bridgehead atoms. The summed E-state index contributed by atoms with van der Waals surface area (Å²) in [5.41, 5.74) is 2.09. The standard InChI is InChI=1S/C14H17NO5/c1-20-10-4-2-9-3-5-12(11(9)6-10)15(7-13(16)17)8-14(18)19/h2,4,6,12H,3,5,7-8H2,1H3,(H,16,17)(H,18,19). The molecule has 0 saturated carbocycles. The summed E-state index contributed by atoms with van der Waals surface area (Å²) in [4.78, 5) is 23.3. The van der Waals surface area contributed by atoms with Crippen LogP contribution in [-0.2, 0) is 16.0 Å². The lowest BCUT2D eigenvalue weighted by Gasteiger charge is -2.26. The van der Waals surface area contributed by atoms with E-state index in [2.05, 4.69) is 0 Å². The van der Waals surface area contributed by atoms with Gasteiger partial charge in [-0.15, -0.1) is 0 Å². The number of hydrogen-bond donors (Lipinski definition) is 2. The van der Waals surface area contributed by atoms with Crippen molar-refractivity contribution < 1.29 is 24.5 Å². The van der Waals surface area contributed by atoms with Crippen molar-refractivity contribution in [1.29, 1.82) is 0 Å². The Morgan fingerprint density at radius 1 is 1.30 bits per heavy atom. The minimum absolute atomic E-state index is 0.188. The molecule has 20 heavy (non-hydrogen) atoms. The van der Waals surface area contributed by atoms with Crippen LogP contribution in [0.25, 0.3) is 0 Å². The van der Waals surface area contributed by atoms with E-state index < -0.39 is 11.9 Å². The number of carbonyl (C=O) groups is 2. The zero-order valence-electron chi connectivity index (χ0n) is 11.2. The van der Waals surface area contributed by atoms with Crippen molar-refractivity contribution in [1.82, 2.24) is 4.90 Å². The third kappa shape index (κ3) is 3.08. The number of benzene rings is 1. The van der Waals surface area contributed by atoms with Crippen LogP contribution in [0.1, 0.15) is 23.6 Å². The molecule has 0 heterocycles. The molecule has 0 radical (unpaired) electrons. The lowest BCUT2D eigenvalue weighted by Crippen LogP contribution is -2.36. The van der Waals surface area contributed by atoms with Crippen LogP contribution in [0.3, 0.4) is 0 Å². The fourth-order valence-electron chi connectivity index (χ4n) is 2.69. The molecular weight excluding hydrogens is 262 g/mol. The van der Waals surface area contributed by atoms with Gasteiger partial charge in [0.25, 0.3) is 0 Å². The summed E-state index contributed by atoms with van der Waals surface area (Å²) >= 11 is 0. The first-order valence-electron chi connectivity index (χ1n) is 6.35. The number of nitrogens with zero attached hydrogens (tertiary/aromatic N) is 1. The van der Waals surface area contributed by atoms with E-state index >= 15 is 0 Å².